The summed E-state index contributed by atoms with van der Waals surface area (Å²) < 4.78 is 1.60. The molecule has 0 saturated heterocycles. The Bertz CT molecular complexity index is 340. The van der Waals surface area contributed by atoms with Crippen LogP contribution in [0, 0.1) is 6.92 Å². The van der Waals surface area contributed by atoms with E-state index in [1.54, 1.807) is 25.8 Å². The van der Waals surface area contributed by atoms with Crippen LogP contribution in [-0.4, -0.2) is 34.7 Å². The summed E-state index contributed by atoms with van der Waals surface area (Å²) in [6, 6.07) is 0. The average molecular weight is 182 g/mol. The minimum absolute atomic E-state index is 0.166. The predicted octanol–water partition coefficient (Wildman–Crippen LogP) is 0.0125. The van der Waals surface area contributed by atoms with Gasteiger partial charge in [0.1, 0.15) is 0 Å². The van der Waals surface area contributed by atoms with E-state index in [1.807, 2.05) is 6.92 Å². The number of hydrogen-bond acceptors (Lipinski definition) is 3. The highest BCUT2D eigenvalue weighted by molar-refractivity contribution is 5.97. The maximum absolute atomic E-state index is 11.5. The van der Waals surface area contributed by atoms with Crippen LogP contribution < -0.4 is 5.73 Å². The molecule has 0 aliphatic carbocycles. The zero-order valence-corrected chi connectivity index (χ0v) is 8.33. The first-order valence-electron chi connectivity index (χ1n) is 3.96. The average Bonchev–Trinajstić information content (AvgIpc) is 2.31. The number of aromatic nitrogens is 2. The number of nitrogens with two attached hydrogens (primary N) is 1. The lowest BCUT2D eigenvalue weighted by Gasteiger charge is -2.07. The quantitative estimate of drug-likeness (QED) is 0.665. The molecule has 0 spiro atoms. The number of nitrogen functional groups attached to an aromatic ring is 1. The van der Waals surface area contributed by atoms with Gasteiger partial charge in [-0.25, -0.2) is 0 Å². The molecule has 0 fully saturated rings. The smallest absolute Gasteiger partial charge is 0.276 e. The van der Waals surface area contributed by atoms with Crippen molar-refractivity contribution in [3.05, 3.63) is 11.4 Å². The Balaban J connectivity index is 3.16. The first kappa shape index (κ1) is 9.57. The van der Waals surface area contributed by atoms with Crippen molar-refractivity contribution in [1.82, 2.24) is 14.7 Å². The van der Waals surface area contributed by atoms with Crippen LogP contribution in [0.2, 0.25) is 0 Å². The van der Waals surface area contributed by atoms with Crippen molar-refractivity contribution >= 4 is 11.6 Å². The maximum Gasteiger partial charge on any atom is 0.276 e. The summed E-state index contributed by atoms with van der Waals surface area (Å²) >= 11 is 0. The molecule has 5 nitrogen and oxygen atoms in total. The third-order valence-electron chi connectivity index (χ3n) is 1.99. The van der Waals surface area contributed by atoms with Crippen LogP contribution in [0.1, 0.15) is 16.2 Å². The highest BCUT2D eigenvalue weighted by atomic mass is 16.2. The number of hydrogen-bond donors (Lipinski definition) is 1. The van der Waals surface area contributed by atoms with E-state index in [2.05, 4.69) is 5.10 Å². The number of nitrogens with zero attached hydrogens (tertiary/aromatic N) is 3. The second-order valence-corrected chi connectivity index (χ2v) is 3.17. The van der Waals surface area contributed by atoms with Gasteiger partial charge in [0, 0.05) is 21.1 Å². The van der Waals surface area contributed by atoms with E-state index in [9.17, 15) is 4.79 Å². The topological polar surface area (TPSA) is 64.2 Å². The van der Waals surface area contributed by atoms with Crippen molar-refractivity contribution in [3.8, 4) is 0 Å². The Morgan fingerprint density at radius 1 is 1.54 bits per heavy atom. The molecule has 0 bridgehead atoms. The molecule has 72 valence electrons. The molecule has 13 heavy (non-hydrogen) atoms. The van der Waals surface area contributed by atoms with E-state index < -0.39 is 0 Å². The van der Waals surface area contributed by atoms with Crippen LogP contribution in [0.5, 0.6) is 0 Å². The number of aryl methyl sites for hydroxylation is 1. The van der Waals surface area contributed by atoms with Gasteiger partial charge in [-0.05, 0) is 6.92 Å². The van der Waals surface area contributed by atoms with Crippen molar-refractivity contribution in [1.29, 1.82) is 0 Å². The van der Waals surface area contributed by atoms with Gasteiger partial charge in [-0.2, -0.15) is 5.10 Å². The summed E-state index contributed by atoms with van der Waals surface area (Å²) in [6.45, 7) is 1.83. The summed E-state index contributed by atoms with van der Waals surface area (Å²) in [6.07, 6.45) is 0. The Morgan fingerprint density at radius 2 is 2.08 bits per heavy atom. The molecular weight excluding hydrogens is 168 g/mol. The van der Waals surface area contributed by atoms with Gasteiger partial charge >= 0.3 is 0 Å². The summed E-state index contributed by atoms with van der Waals surface area (Å²) in [5, 5.41) is 4.03. The molecule has 1 aromatic rings. The van der Waals surface area contributed by atoms with E-state index in [0.717, 1.165) is 5.69 Å². The molecule has 0 unspecified atom stereocenters. The van der Waals surface area contributed by atoms with Gasteiger partial charge in [-0.1, -0.05) is 0 Å². The van der Waals surface area contributed by atoms with E-state index in [1.165, 1.54) is 4.90 Å². The Morgan fingerprint density at radius 3 is 2.38 bits per heavy atom. The second-order valence-electron chi connectivity index (χ2n) is 3.17. The van der Waals surface area contributed by atoms with Crippen LogP contribution in [0.25, 0.3) is 0 Å². The van der Waals surface area contributed by atoms with E-state index in [4.69, 9.17) is 5.73 Å². The van der Waals surface area contributed by atoms with Crippen molar-refractivity contribution in [2.45, 2.75) is 6.92 Å². The van der Waals surface area contributed by atoms with E-state index in [-0.39, 0.29) is 5.91 Å². The first-order chi connectivity index (χ1) is 5.95. The number of carbonyl (C=O) groups is 1. The van der Waals surface area contributed by atoms with Crippen LogP contribution in [-0.2, 0) is 7.05 Å². The third kappa shape index (κ3) is 1.49. The number of rotatable bonds is 1. The van der Waals surface area contributed by atoms with E-state index >= 15 is 0 Å². The lowest BCUT2D eigenvalue weighted by molar-refractivity contribution is 0.0822. The molecule has 1 rings (SSSR count). The number of anilines is 1. The van der Waals surface area contributed by atoms with Gasteiger partial charge in [0.05, 0.1) is 11.4 Å². The summed E-state index contributed by atoms with van der Waals surface area (Å²) in [5.41, 5.74) is 7.31. The summed E-state index contributed by atoms with van der Waals surface area (Å²) in [7, 11) is 5.11. The minimum atomic E-state index is -0.166. The predicted molar refractivity (Wildman–Crippen MR) is 50.4 cm³/mol. The fraction of sp³-hybridized carbons (Fsp3) is 0.500. The van der Waals surface area contributed by atoms with Gasteiger partial charge in [-0.3, -0.25) is 9.48 Å². The van der Waals surface area contributed by atoms with Crippen LogP contribution in [0.4, 0.5) is 5.69 Å². The molecule has 5 heteroatoms. The monoisotopic (exact) mass is 182 g/mol. The first-order valence-corrected chi connectivity index (χ1v) is 3.96. The SMILES string of the molecule is Cc1c(N)c(C(=O)N(C)C)nn1C. The molecular formula is C8H14N4O. The van der Waals surface area contributed by atoms with Crippen LogP contribution in [0.15, 0.2) is 0 Å². The molecule has 0 aliphatic heterocycles. The number of amides is 1. The summed E-state index contributed by atoms with van der Waals surface area (Å²) in [4.78, 5) is 13.0. The summed E-state index contributed by atoms with van der Waals surface area (Å²) in [5.74, 6) is -0.166. The highest BCUT2D eigenvalue weighted by Gasteiger charge is 2.18. The van der Waals surface area contributed by atoms with E-state index in [0.29, 0.717) is 11.4 Å². The van der Waals surface area contributed by atoms with Crippen molar-refractivity contribution in [3.63, 3.8) is 0 Å². The fourth-order valence-electron chi connectivity index (χ4n) is 0.994. The third-order valence-corrected chi connectivity index (χ3v) is 1.99. The standard InChI is InChI=1S/C8H14N4O/c1-5-6(9)7(10-12(5)4)8(13)11(2)3/h9H2,1-4H3. The highest BCUT2D eigenvalue weighted by Crippen LogP contribution is 2.15. The largest absolute Gasteiger partial charge is 0.395 e. The lowest BCUT2D eigenvalue weighted by atomic mass is 10.3. The Labute approximate surface area is 77.1 Å². The molecule has 0 saturated carbocycles. The molecule has 2 N–H and O–H groups in total. The lowest BCUT2D eigenvalue weighted by Crippen LogP contribution is -2.23. The zero-order chi connectivity index (χ0) is 10.2. The van der Waals surface area contributed by atoms with Crippen molar-refractivity contribution in [2.24, 2.45) is 7.05 Å². The van der Waals surface area contributed by atoms with Crippen LogP contribution in [0.3, 0.4) is 0 Å². The Hall–Kier alpha value is -1.52. The zero-order valence-electron chi connectivity index (χ0n) is 8.33. The van der Waals surface area contributed by atoms with Gasteiger partial charge < -0.3 is 10.6 Å². The van der Waals surface area contributed by atoms with Crippen LogP contribution >= 0.6 is 0 Å². The van der Waals surface area contributed by atoms with Crippen molar-refractivity contribution < 1.29 is 4.79 Å². The molecule has 1 amide bonds. The maximum atomic E-state index is 11.5. The van der Waals surface area contributed by atoms with Gasteiger partial charge in [-0.15, -0.1) is 0 Å². The Kier molecular flexibility index (Phi) is 2.27. The van der Waals surface area contributed by atoms with Crippen molar-refractivity contribution in [2.75, 3.05) is 19.8 Å². The minimum Gasteiger partial charge on any atom is -0.395 e. The molecule has 0 radical (unpaired) electrons. The van der Waals surface area contributed by atoms with Gasteiger partial charge in [0.25, 0.3) is 5.91 Å². The molecule has 0 aliphatic rings. The molecule has 1 heterocycles. The van der Waals surface area contributed by atoms with Gasteiger partial charge in [0.2, 0.25) is 0 Å². The fourth-order valence-corrected chi connectivity index (χ4v) is 0.994. The number of carbonyl (C=O) groups excluding carboxylic acids is 1. The second kappa shape index (κ2) is 3.08. The molecule has 1 aromatic heterocycles. The van der Waals surface area contributed by atoms with Gasteiger partial charge in [0.15, 0.2) is 5.69 Å². The molecule has 0 aromatic carbocycles. The normalized spacial score (nSPS) is 10.2. The molecule has 0 atom stereocenters.